The zero-order valence-corrected chi connectivity index (χ0v) is 17.3. The number of hydrogen-bond donors (Lipinski definition) is 1. The molecule has 2 saturated heterocycles. The molecule has 2 aliphatic heterocycles. The van der Waals surface area contributed by atoms with Gasteiger partial charge in [0, 0.05) is 25.5 Å². The van der Waals surface area contributed by atoms with Crippen LogP contribution >= 0.6 is 11.8 Å². The van der Waals surface area contributed by atoms with Gasteiger partial charge in [-0.15, -0.1) is 11.8 Å². The molecule has 156 valence electrons. The highest BCUT2D eigenvalue weighted by Gasteiger charge is 2.38. The highest BCUT2D eigenvalue weighted by atomic mass is 32.2. The molecule has 0 aliphatic carbocycles. The van der Waals surface area contributed by atoms with Crippen molar-refractivity contribution in [3.8, 4) is 0 Å². The zero-order valence-electron chi connectivity index (χ0n) is 16.5. The van der Waals surface area contributed by atoms with E-state index >= 15 is 0 Å². The van der Waals surface area contributed by atoms with Crippen molar-refractivity contribution in [2.75, 3.05) is 37.5 Å². The molecule has 2 aliphatic rings. The van der Waals surface area contributed by atoms with Gasteiger partial charge in [0.2, 0.25) is 0 Å². The highest BCUT2D eigenvalue weighted by molar-refractivity contribution is 7.98. The number of ether oxygens (including phenoxy) is 2. The molecule has 30 heavy (non-hydrogen) atoms. The summed E-state index contributed by atoms with van der Waals surface area (Å²) >= 11 is 1.45. The summed E-state index contributed by atoms with van der Waals surface area (Å²) in [5.74, 6) is 0.724. The lowest BCUT2D eigenvalue weighted by Gasteiger charge is -2.20. The van der Waals surface area contributed by atoms with Crippen molar-refractivity contribution in [2.45, 2.75) is 23.3 Å². The number of pyridine rings is 2. The van der Waals surface area contributed by atoms with E-state index in [1.807, 2.05) is 18.4 Å². The van der Waals surface area contributed by atoms with Crippen LogP contribution in [0.4, 0.5) is 5.82 Å². The Bertz CT molecular complexity index is 1040. The first kappa shape index (κ1) is 19.3. The van der Waals surface area contributed by atoms with E-state index in [-0.39, 0.29) is 24.2 Å². The molecule has 8 nitrogen and oxygen atoms in total. The summed E-state index contributed by atoms with van der Waals surface area (Å²) in [6, 6.07) is 7.13. The summed E-state index contributed by atoms with van der Waals surface area (Å²) in [5, 5.41) is 4.72. The summed E-state index contributed by atoms with van der Waals surface area (Å²) in [7, 11) is 0. The summed E-state index contributed by atoms with van der Waals surface area (Å²) in [6.45, 7) is 2.17. The van der Waals surface area contributed by atoms with Gasteiger partial charge in [0.1, 0.15) is 28.6 Å². The van der Waals surface area contributed by atoms with Gasteiger partial charge in [-0.3, -0.25) is 4.79 Å². The summed E-state index contributed by atoms with van der Waals surface area (Å²) < 4.78 is 17.7. The van der Waals surface area contributed by atoms with E-state index < -0.39 is 0 Å². The van der Waals surface area contributed by atoms with Crippen LogP contribution in [0.25, 0.3) is 11.0 Å². The number of nitrogens with one attached hydrogen (secondary N) is 1. The maximum absolute atomic E-state index is 12.7. The molecule has 9 heteroatoms. The maximum Gasteiger partial charge on any atom is 0.254 e. The normalized spacial score (nSPS) is 22.1. The Morgan fingerprint density at radius 3 is 2.70 bits per heavy atom. The number of amides is 1. The Hall–Kier alpha value is -2.62. The predicted octanol–water partition coefficient (Wildman–Crippen LogP) is 2.35. The molecule has 3 aromatic rings. The van der Waals surface area contributed by atoms with Crippen molar-refractivity contribution < 1.29 is 18.7 Å². The molecule has 2 fully saturated rings. The number of rotatable bonds is 4. The molecule has 1 N–H and O–H groups in total. The van der Waals surface area contributed by atoms with Crippen LogP contribution in [-0.4, -0.2) is 66.7 Å². The van der Waals surface area contributed by atoms with Gasteiger partial charge in [-0.1, -0.05) is 0 Å². The SMILES string of the molecule is CSc1ncccc1C(=O)NC1CO[C@H]2CN(c3nccc4occc34)C[C@@H]2OC1. The van der Waals surface area contributed by atoms with Gasteiger partial charge in [0.25, 0.3) is 5.91 Å². The van der Waals surface area contributed by atoms with Gasteiger partial charge >= 0.3 is 0 Å². The first-order chi connectivity index (χ1) is 14.7. The molecule has 5 rings (SSSR count). The summed E-state index contributed by atoms with van der Waals surface area (Å²) in [4.78, 5) is 23.6. The van der Waals surface area contributed by atoms with Crippen LogP contribution in [0, 0.1) is 0 Å². The Labute approximate surface area is 177 Å². The molecule has 2 atom stereocenters. The molecular formula is C21H22N4O4S. The number of thioether (sulfide) groups is 1. The number of fused-ring (bicyclic) bond motifs is 2. The quantitative estimate of drug-likeness (QED) is 0.636. The third-order valence-corrected chi connectivity index (χ3v) is 6.15. The minimum Gasteiger partial charge on any atom is -0.464 e. The fourth-order valence-electron chi connectivity index (χ4n) is 3.97. The van der Waals surface area contributed by atoms with Crippen molar-refractivity contribution in [1.29, 1.82) is 0 Å². The molecule has 5 heterocycles. The number of carbonyl (C=O) groups is 1. The third kappa shape index (κ3) is 3.64. The second-order valence-corrected chi connectivity index (χ2v) is 8.14. The van der Waals surface area contributed by atoms with Crippen LogP contribution in [0.5, 0.6) is 0 Å². The second-order valence-electron chi connectivity index (χ2n) is 7.35. The Morgan fingerprint density at radius 2 is 1.93 bits per heavy atom. The Morgan fingerprint density at radius 1 is 1.13 bits per heavy atom. The van der Waals surface area contributed by atoms with Gasteiger partial charge in [0.15, 0.2) is 0 Å². The molecule has 0 saturated carbocycles. The number of aromatic nitrogens is 2. The molecule has 0 unspecified atom stereocenters. The van der Waals surface area contributed by atoms with E-state index in [1.165, 1.54) is 11.8 Å². The lowest BCUT2D eigenvalue weighted by atomic mass is 10.2. The topological polar surface area (TPSA) is 89.7 Å². The second kappa shape index (κ2) is 8.25. The number of furan rings is 1. The van der Waals surface area contributed by atoms with Crippen molar-refractivity contribution in [3.05, 3.63) is 48.5 Å². The van der Waals surface area contributed by atoms with E-state index in [1.54, 1.807) is 30.8 Å². The van der Waals surface area contributed by atoms with Gasteiger partial charge < -0.3 is 24.1 Å². The van der Waals surface area contributed by atoms with Crippen LogP contribution in [0.1, 0.15) is 10.4 Å². The van der Waals surface area contributed by atoms with Crippen LogP contribution < -0.4 is 10.2 Å². The van der Waals surface area contributed by atoms with Crippen molar-refractivity contribution in [2.24, 2.45) is 0 Å². The van der Waals surface area contributed by atoms with Gasteiger partial charge in [0.05, 0.1) is 36.5 Å². The van der Waals surface area contributed by atoms with E-state index in [9.17, 15) is 4.79 Å². The van der Waals surface area contributed by atoms with Crippen LogP contribution in [-0.2, 0) is 9.47 Å². The molecular weight excluding hydrogens is 404 g/mol. The number of carbonyl (C=O) groups excluding carboxylic acids is 1. The molecule has 0 spiro atoms. The van der Waals surface area contributed by atoms with E-state index in [4.69, 9.17) is 13.9 Å². The van der Waals surface area contributed by atoms with Crippen molar-refractivity contribution in [1.82, 2.24) is 15.3 Å². The number of hydrogen-bond acceptors (Lipinski definition) is 8. The number of nitrogens with zero attached hydrogens (tertiary/aromatic N) is 3. The van der Waals surface area contributed by atoms with Gasteiger partial charge in [-0.25, -0.2) is 9.97 Å². The summed E-state index contributed by atoms with van der Waals surface area (Å²) in [5.41, 5.74) is 1.39. The van der Waals surface area contributed by atoms with Crippen LogP contribution in [0.15, 0.2) is 52.4 Å². The fraction of sp³-hybridized carbons (Fsp3) is 0.381. The van der Waals surface area contributed by atoms with E-state index in [0.717, 1.165) is 16.8 Å². The minimum absolute atomic E-state index is 0.0731. The molecule has 0 bridgehead atoms. The molecule has 0 aromatic carbocycles. The highest BCUT2D eigenvalue weighted by Crippen LogP contribution is 2.30. The predicted molar refractivity (Wildman–Crippen MR) is 113 cm³/mol. The van der Waals surface area contributed by atoms with Crippen molar-refractivity contribution >= 4 is 34.5 Å². The molecule has 1 amide bonds. The average molecular weight is 426 g/mol. The van der Waals surface area contributed by atoms with Crippen molar-refractivity contribution in [3.63, 3.8) is 0 Å². The largest absolute Gasteiger partial charge is 0.464 e. The lowest BCUT2D eigenvalue weighted by Crippen LogP contribution is -2.41. The average Bonchev–Trinajstić information content (AvgIpc) is 3.38. The standard InChI is InChI=1S/C21H22N4O4S/c1-30-21-15(3-2-6-23-21)20(26)24-13-11-28-17-9-25(10-18(17)29-12-13)19-14-5-8-27-16(14)4-7-22-19/h2-8,13,17-18H,9-12H2,1H3,(H,24,26)/t17-,18-/m0/s1. The fourth-order valence-corrected chi connectivity index (χ4v) is 4.52. The Balaban J connectivity index is 1.23. The zero-order chi connectivity index (χ0) is 20.5. The van der Waals surface area contributed by atoms with Gasteiger partial charge in [-0.2, -0.15) is 0 Å². The van der Waals surface area contributed by atoms with E-state index in [2.05, 4.69) is 20.2 Å². The first-order valence-electron chi connectivity index (χ1n) is 9.83. The monoisotopic (exact) mass is 426 g/mol. The third-order valence-electron chi connectivity index (χ3n) is 5.44. The minimum atomic E-state index is -0.207. The Kier molecular flexibility index (Phi) is 5.32. The molecule has 0 radical (unpaired) electrons. The van der Waals surface area contributed by atoms with Crippen LogP contribution in [0.2, 0.25) is 0 Å². The van der Waals surface area contributed by atoms with Gasteiger partial charge in [-0.05, 0) is 30.5 Å². The maximum atomic E-state index is 12.7. The van der Waals surface area contributed by atoms with Crippen LogP contribution in [0.3, 0.4) is 0 Å². The lowest BCUT2D eigenvalue weighted by molar-refractivity contribution is -0.00461. The van der Waals surface area contributed by atoms with E-state index in [0.29, 0.717) is 36.9 Å². The number of anilines is 1. The molecule has 3 aromatic heterocycles. The summed E-state index contributed by atoms with van der Waals surface area (Å²) in [6.07, 6.45) is 6.88. The first-order valence-corrected chi connectivity index (χ1v) is 11.1. The smallest absolute Gasteiger partial charge is 0.254 e.